The van der Waals surface area contributed by atoms with Crippen LogP contribution in [0.15, 0.2) is 30.6 Å². The van der Waals surface area contributed by atoms with Gasteiger partial charge in [0.05, 0.1) is 5.69 Å². The maximum atomic E-state index is 13.2. The molecule has 174 valence electrons. The van der Waals surface area contributed by atoms with Gasteiger partial charge in [0.2, 0.25) is 0 Å². The SMILES string of the molecule is CN1CCc2nc(C(=O)N3CCN(S(=O)(=O)n4cc5ccc(C(=N)N)cc5c4)CC3)sc2C1. The number of amidine groups is 1. The molecule has 2 aromatic heterocycles. The van der Waals surface area contributed by atoms with Gasteiger partial charge in [-0.15, -0.1) is 11.3 Å². The van der Waals surface area contributed by atoms with E-state index in [9.17, 15) is 13.2 Å². The Bertz CT molecular complexity index is 1350. The Morgan fingerprint density at radius 2 is 1.85 bits per heavy atom. The largest absolute Gasteiger partial charge is 0.384 e. The number of hydrogen-bond acceptors (Lipinski definition) is 7. The highest BCUT2D eigenvalue weighted by Crippen LogP contribution is 2.26. The first kappa shape index (κ1) is 22.0. The van der Waals surface area contributed by atoms with Gasteiger partial charge in [0.1, 0.15) is 5.84 Å². The van der Waals surface area contributed by atoms with E-state index in [4.69, 9.17) is 11.1 Å². The summed E-state index contributed by atoms with van der Waals surface area (Å²) in [6.45, 7) is 2.82. The highest BCUT2D eigenvalue weighted by atomic mass is 32.2. The lowest BCUT2D eigenvalue weighted by atomic mass is 10.1. The molecule has 2 aliphatic heterocycles. The molecule has 2 aliphatic rings. The van der Waals surface area contributed by atoms with Crippen LogP contribution in [0.2, 0.25) is 0 Å². The number of benzene rings is 1. The number of carbonyl (C=O) groups is 1. The minimum Gasteiger partial charge on any atom is -0.384 e. The fourth-order valence-corrected chi connectivity index (χ4v) is 6.76. The Labute approximate surface area is 195 Å². The molecule has 5 rings (SSSR count). The van der Waals surface area contributed by atoms with Gasteiger partial charge in [-0.25, -0.2) is 8.96 Å². The second-order valence-corrected chi connectivity index (χ2v) is 11.3. The molecule has 4 heterocycles. The number of fused-ring (bicyclic) bond motifs is 2. The van der Waals surface area contributed by atoms with E-state index in [0.29, 0.717) is 29.0 Å². The summed E-state index contributed by atoms with van der Waals surface area (Å²) in [7, 11) is -1.72. The van der Waals surface area contributed by atoms with Crippen molar-refractivity contribution in [1.29, 1.82) is 5.41 Å². The molecule has 0 saturated carbocycles. The fourth-order valence-electron chi connectivity index (χ4n) is 4.22. The topological polar surface area (TPSA) is 129 Å². The third kappa shape index (κ3) is 4.03. The quantitative estimate of drug-likeness (QED) is 0.416. The summed E-state index contributed by atoms with van der Waals surface area (Å²) in [6, 6.07) is 5.15. The van der Waals surface area contributed by atoms with E-state index in [1.54, 1.807) is 29.3 Å². The van der Waals surface area contributed by atoms with Crippen LogP contribution in [-0.2, 0) is 23.2 Å². The number of nitrogens with zero attached hydrogens (tertiary/aromatic N) is 5. The number of aromatic nitrogens is 2. The van der Waals surface area contributed by atoms with Crippen molar-refractivity contribution in [3.05, 3.63) is 51.7 Å². The second kappa shape index (κ2) is 8.20. The van der Waals surface area contributed by atoms with E-state index < -0.39 is 10.2 Å². The smallest absolute Gasteiger partial charge is 0.307 e. The van der Waals surface area contributed by atoms with Gasteiger partial charge in [0.15, 0.2) is 5.01 Å². The minimum atomic E-state index is -3.77. The molecule has 3 aromatic rings. The molecule has 12 heteroatoms. The van der Waals surface area contributed by atoms with Crippen molar-refractivity contribution in [2.75, 3.05) is 39.8 Å². The summed E-state index contributed by atoms with van der Waals surface area (Å²) in [4.78, 5) is 22.6. The summed E-state index contributed by atoms with van der Waals surface area (Å²) in [5, 5.41) is 9.50. The maximum Gasteiger partial charge on any atom is 0.307 e. The van der Waals surface area contributed by atoms with Gasteiger partial charge in [-0.05, 0) is 13.1 Å². The van der Waals surface area contributed by atoms with Gasteiger partial charge in [-0.1, -0.05) is 12.1 Å². The van der Waals surface area contributed by atoms with Crippen molar-refractivity contribution < 1.29 is 13.2 Å². The van der Waals surface area contributed by atoms with Crippen LogP contribution in [0.25, 0.3) is 10.8 Å². The Hall–Kier alpha value is -2.80. The highest BCUT2D eigenvalue weighted by Gasteiger charge is 2.32. The van der Waals surface area contributed by atoms with Crippen molar-refractivity contribution in [3.8, 4) is 0 Å². The van der Waals surface area contributed by atoms with Crippen molar-refractivity contribution in [3.63, 3.8) is 0 Å². The number of nitrogens with one attached hydrogen (secondary N) is 1. The normalized spacial score (nSPS) is 17.9. The predicted octanol–water partition coefficient (Wildman–Crippen LogP) is 0.921. The van der Waals surface area contributed by atoms with E-state index in [-0.39, 0.29) is 24.8 Å². The molecule has 1 aromatic carbocycles. The van der Waals surface area contributed by atoms with Crippen LogP contribution in [0.3, 0.4) is 0 Å². The second-order valence-electron chi connectivity index (χ2n) is 8.42. The molecule has 1 saturated heterocycles. The molecule has 1 fully saturated rings. The molecular weight excluding hydrogens is 462 g/mol. The van der Waals surface area contributed by atoms with E-state index >= 15 is 0 Å². The highest BCUT2D eigenvalue weighted by molar-refractivity contribution is 7.87. The number of amides is 1. The number of hydrogen-bond donors (Lipinski definition) is 2. The molecule has 33 heavy (non-hydrogen) atoms. The zero-order chi connectivity index (χ0) is 23.3. The number of likely N-dealkylation sites (N-methyl/N-ethyl adjacent to an activating group) is 1. The molecule has 1 amide bonds. The molecule has 0 unspecified atom stereocenters. The number of nitrogen functional groups attached to an aromatic ring is 1. The number of nitrogens with two attached hydrogens (primary N) is 1. The summed E-state index contributed by atoms with van der Waals surface area (Å²) in [5.74, 6) is -0.195. The molecule has 3 N–H and O–H groups in total. The summed E-state index contributed by atoms with van der Waals surface area (Å²) < 4.78 is 29.0. The molecule has 0 atom stereocenters. The number of carbonyl (C=O) groups excluding carboxylic acids is 1. The molecular formula is C21H25N7O3S2. The zero-order valence-electron chi connectivity index (χ0n) is 18.2. The zero-order valence-corrected chi connectivity index (χ0v) is 19.8. The van der Waals surface area contributed by atoms with E-state index in [0.717, 1.165) is 35.5 Å². The monoisotopic (exact) mass is 487 g/mol. The van der Waals surface area contributed by atoms with Gasteiger partial charge >= 0.3 is 10.2 Å². The van der Waals surface area contributed by atoms with Crippen molar-refractivity contribution >= 4 is 44.1 Å². The standard InChI is InChI=1S/C21H25N7O3S2/c1-25-5-4-17-18(13-25)32-20(24-17)21(29)26-6-8-27(9-7-26)33(30,31)28-11-15-3-2-14(19(22)23)10-16(15)12-28/h2-3,10-12H,4-9,13H2,1H3,(H3,22,23). The van der Waals surface area contributed by atoms with Crippen LogP contribution < -0.4 is 5.73 Å². The van der Waals surface area contributed by atoms with Crippen molar-refractivity contribution in [2.45, 2.75) is 13.0 Å². The Balaban J connectivity index is 1.29. The van der Waals surface area contributed by atoms with Gasteiger partial charge in [-0.2, -0.15) is 12.7 Å². The van der Waals surface area contributed by atoms with Crippen LogP contribution in [-0.4, -0.2) is 83.0 Å². The lowest BCUT2D eigenvalue weighted by molar-refractivity contribution is 0.0696. The van der Waals surface area contributed by atoms with E-state index in [1.807, 2.05) is 0 Å². The van der Waals surface area contributed by atoms with E-state index in [2.05, 4.69) is 16.9 Å². The van der Waals surface area contributed by atoms with Crippen molar-refractivity contribution in [1.82, 2.24) is 23.1 Å². The van der Waals surface area contributed by atoms with Crippen LogP contribution >= 0.6 is 11.3 Å². The first-order valence-corrected chi connectivity index (χ1v) is 12.9. The lowest BCUT2D eigenvalue weighted by Crippen LogP contribution is -2.51. The molecule has 0 radical (unpaired) electrons. The summed E-state index contributed by atoms with van der Waals surface area (Å²) in [6.07, 6.45) is 3.94. The number of rotatable bonds is 4. The fraction of sp³-hybridized carbons (Fsp3) is 0.381. The molecule has 0 bridgehead atoms. The minimum absolute atomic E-state index is 0.0681. The van der Waals surface area contributed by atoms with Crippen LogP contribution in [0, 0.1) is 5.41 Å². The van der Waals surface area contributed by atoms with Gasteiger partial charge in [0, 0.05) is 79.3 Å². The third-order valence-corrected chi connectivity index (χ3v) is 8.99. The van der Waals surface area contributed by atoms with Gasteiger partial charge < -0.3 is 15.5 Å². The number of thiazole rings is 1. The van der Waals surface area contributed by atoms with Crippen LogP contribution in [0.4, 0.5) is 0 Å². The number of piperazine rings is 1. The Morgan fingerprint density at radius 3 is 2.58 bits per heavy atom. The Kier molecular flexibility index (Phi) is 5.47. The first-order chi connectivity index (χ1) is 15.7. The summed E-state index contributed by atoms with van der Waals surface area (Å²) >= 11 is 1.45. The Morgan fingerprint density at radius 1 is 1.12 bits per heavy atom. The van der Waals surface area contributed by atoms with Crippen LogP contribution in [0.5, 0.6) is 0 Å². The molecule has 10 nitrogen and oxygen atoms in total. The van der Waals surface area contributed by atoms with Crippen LogP contribution in [0.1, 0.15) is 25.9 Å². The van der Waals surface area contributed by atoms with Gasteiger partial charge in [0.25, 0.3) is 5.91 Å². The van der Waals surface area contributed by atoms with Crippen molar-refractivity contribution in [2.24, 2.45) is 5.73 Å². The first-order valence-electron chi connectivity index (χ1n) is 10.7. The van der Waals surface area contributed by atoms with Gasteiger partial charge in [-0.3, -0.25) is 10.2 Å². The molecule has 0 aliphatic carbocycles. The third-order valence-electron chi connectivity index (χ3n) is 6.15. The lowest BCUT2D eigenvalue weighted by Gasteiger charge is -2.33. The average molecular weight is 488 g/mol. The average Bonchev–Trinajstić information content (AvgIpc) is 3.42. The van der Waals surface area contributed by atoms with E-state index in [1.165, 1.54) is 25.8 Å². The summed E-state index contributed by atoms with van der Waals surface area (Å²) in [5.41, 5.74) is 7.09. The molecule has 0 spiro atoms. The maximum absolute atomic E-state index is 13.2. The predicted molar refractivity (Wildman–Crippen MR) is 127 cm³/mol.